The number of hydrogen-bond donors (Lipinski definition) is 1. The van der Waals surface area contributed by atoms with Crippen LogP contribution in [-0.2, 0) is 20.9 Å². The second kappa shape index (κ2) is 6.46. The molecule has 8 nitrogen and oxygen atoms in total. The lowest BCUT2D eigenvalue weighted by molar-refractivity contribution is -0.139. The van der Waals surface area contributed by atoms with Crippen molar-refractivity contribution in [3.05, 3.63) is 40.4 Å². The van der Waals surface area contributed by atoms with E-state index in [0.717, 1.165) is 5.56 Å². The van der Waals surface area contributed by atoms with Gasteiger partial charge in [-0.3, -0.25) is 29.1 Å². The summed E-state index contributed by atoms with van der Waals surface area (Å²) in [4.78, 5) is 53.9. The summed E-state index contributed by atoms with van der Waals surface area (Å²) in [6.07, 6.45) is 1.28. The van der Waals surface area contributed by atoms with Crippen molar-refractivity contribution in [3.63, 3.8) is 0 Å². The molecule has 0 bridgehead atoms. The Morgan fingerprint density at radius 3 is 2.76 bits per heavy atom. The van der Waals surface area contributed by atoms with Gasteiger partial charge < -0.3 is 4.90 Å². The van der Waals surface area contributed by atoms with Crippen LogP contribution >= 0.6 is 0 Å². The highest BCUT2D eigenvalue weighted by Gasteiger charge is 2.37. The van der Waals surface area contributed by atoms with Gasteiger partial charge in [0.15, 0.2) is 0 Å². The third-order valence-electron chi connectivity index (χ3n) is 4.34. The second-order valence-electron chi connectivity index (χ2n) is 5.96. The van der Waals surface area contributed by atoms with Crippen molar-refractivity contribution in [3.8, 4) is 0 Å². The van der Waals surface area contributed by atoms with Gasteiger partial charge >= 0.3 is 0 Å². The number of nitrogens with one attached hydrogen (secondary N) is 1. The minimum atomic E-state index is -0.823. The number of benzene rings is 1. The average Bonchev–Trinajstić information content (AvgIpc) is 2.90. The Hall–Kier alpha value is -3.03. The van der Waals surface area contributed by atoms with Crippen LogP contribution in [0, 0.1) is 6.92 Å². The molecule has 1 atom stereocenters. The smallest absolute Gasteiger partial charge is 0.261 e. The molecule has 1 aromatic heterocycles. The Kier molecular flexibility index (Phi) is 4.35. The quantitative estimate of drug-likeness (QED) is 0.786. The summed E-state index contributed by atoms with van der Waals surface area (Å²) in [5.41, 5.74) is 1.17. The van der Waals surface area contributed by atoms with Crippen LogP contribution in [-0.4, -0.2) is 44.8 Å². The van der Waals surface area contributed by atoms with Gasteiger partial charge in [0.1, 0.15) is 12.6 Å². The molecule has 1 fully saturated rings. The van der Waals surface area contributed by atoms with Gasteiger partial charge in [0.05, 0.1) is 23.7 Å². The van der Waals surface area contributed by atoms with Crippen molar-refractivity contribution in [1.82, 2.24) is 19.8 Å². The normalized spacial score (nSPS) is 17.0. The Morgan fingerprint density at radius 1 is 1.36 bits per heavy atom. The Labute approximate surface area is 143 Å². The zero-order valence-corrected chi connectivity index (χ0v) is 14.0. The maximum absolute atomic E-state index is 12.6. The monoisotopic (exact) mass is 342 g/mol. The van der Waals surface area contributed by atoms with E-state index in [2.05, 4.69) is 10.3 Å². The van der Waals surface area contributed by atoms with Gasteiger partial charge in [-0.2, -0.15) is 0 Å². The minimum absolute atomic E-state index is 0.0531. The zero-order chi connectivity index (χ0) is 18.1. The van der Waals surface area contributed by atoms with Crippen molar-refractivity contribution in [2.75, 3.05) is 6.54 Å². The molecule has 8 heteroatoms. The summed E-state index contributed by atoms with van der Waals surface area (Å²) in [7, 11) is 0. The predicted molar refractivity (Wildman–Crippen MR) is 89.7 cm³/mol. The molecular formula is C17H18N4O4. The van der Waals surface area contributed by atoms with E-state index >= 15 is 0 Å². The number of fused-ring (bicyclic) bond motifs is 1. The van der Waals surface area contributed by atoms with Crippen LogP contribution in [0.3, 0.4) is 0 Å². The third kappa shape index (κ3) is 3.02. The molecule has 0 aliphatic carbocycles. The van der Waals surface area contributed by atoms with Crippen LogP contribution in [0.25, 0.3) is 10.9 Å². The van der Waals surface area contributed by atoms with Gasteiger partial charge in [-0.25, -0.2) is 4.98 Å². The number of carbonyl (C=O) groups is 3. The number of aryl methyl sites for hydroxylation is 1. The Balaban J connectivity index is 1.88. The fourth-order valence-corrected chi connectivity index (χ4v) is 3.05. The number of carbonyl (C=O) groups excluding carboxylic acids is 3. The predicted octanol–water partition coefficient (Wildman–Crippen LogP) is -0.0315. The van der Waals surface area contributed by atoms with Crippen LogP contribution in [0.5, 0.6) is 0 Å². The first-order chi connectivity index (χ1) is 11.9. The average molecular weight is 342 g/mol. The fraction of sp³-hybridized carbons (Fsp3) is 0.353. The van der Waals surface area contributed by atoms with Gasteiger partial charge in [-0.05, 0) is 25.5 Å². The molecule has 0 radical (unpaired) electrons. The van der Waals surface area contributed by atoms with Gasteiger partial charge in [0.2, 0.25) is 17.7 Å². The lowest BCUT2D eigenvalue weighted by Crippen LogP contribution is -2.46. The lowest BCUT2D eigenvalue weighted by Gasteiger charge is -2.25. The standard InChI is InChI=1S/C17H18N4O4/c1-3-21(12-7-13(22)19-16(12)24)14(23)8-20-9-18-15-10(2)5-4-6-11(15)17(20)25/h4-6,9,12H,3,7-8H2,1-2H3,(H,19,22,24). The molecule has 25 heavy (non-hydrogen) atoms. The van der Waals surface area contributed by atoms with Crippen LogP contribution in [0.2, 0.25) is 0 Å². The van der Waals surface area contributed by atoms with E-state index in [4.69, 9.17) is 0 Å². The molecular weight excluding hydrogens is 324 g/mol. The molecule has 3 rings (SSSR count). The number of para-hydroxylation sites is 1. The number of likely N-dealkylation sites (N-methyl/N-ethyl adjacent to an activating group) is 1. The molecule has 0 spiro atoms. The topological polar surface area (TPSA) is 101 Å². The largest absolute Gasteiger partial charge is 0.329 e. The van der Waals surface area contributed by atoms with E-state index in [1.54, 1.807) is 19.1 Å². The van der Waals surface area contributed by atoms with Crippen molar-refractivity contribution in [2.45, 2.75) is 32.9 Å². The first-order valence-corrected chi connectivity index (χ1v) is 8.00. The molecule has 1 aliphatic heterocycles. The maximum atomic E-state index is 12.6. The van der Waals surface area contributed by atoms with Crippen LogP contribution in [0.4, 0.5) is 0 Å². The van der Waals surface area contributed by atoms with Crippen LogP contribution in [0.15, 0.2) is 29.3 Å². The van der Waals surface area contributed by atoms with Crippen molar-refractivity contribution >= 4 is 28.6 Å². The number of imide groups is 1. The lowest BCUT2D eigenvalue weighted by atomic mass is 10.1. The SMILES string of the molecule is CCN(C(=O)Cn1cnc2c(C)cccc2c1=O)C1CC(=O)NC1=O. The van der Waals surface area contributed by atoms with Gasteiger partial charge in [0.25, 0.3) is 5.56 Å². The van der Waals surface area contributed by atoms with E-state index < -0.39 is 23.8 Å². The highest BCUT2D eigenvalue weighted by molar-refractivity contribution is 6.06. The van der Waals surface area contributed by atoms with Gasteiger partial charge in [-0.15, -0.1) is 0 Å². The van der Waals surface area contributed by atoms with Gasteiger partial charge in [0, 0.05) is 6.54 Å². The third-order valence-corrected chi connectivity index (χ3v) is 4.34. The molecule has 1 saturated heterocycles. The van der Waals surface area contributed by atoms with Crippen molar-refractivity contribution in [1.29, 1.82) is 0 Å². The first-order valence-electron chi connectivity index (χ1n) is 8.00. The minimum Gasteiger partial charge on any atom is -0.329 e. The van der Waals surface area contributed by atoms with E-state index in [0.29, 0.717) is 10.9 Å². The molecule has 3 amide bonds. The first kappa shape index (κ1) is 16.8. The Morgan fingerprint density at radius 2 is 2.12 bits per heavy atom. The van der Waals surface area contributed by atoms with Crippen LogP contribution < -0.4 is 10.9 Å². The van der Waals surface area contributed by atoms with E-state index in [1.165, 1.54) is 15.8 Å². The molecule has 2 aromatic rings. The highest BCUT2D eigenvalue weighted by atomic mass is 16.2. The second-order valence-corrected chi connectivity index (χ2v) is 5.96. The number of amides is 3. The summed E-state index contributed by atoms with van der Waals surface area (Å²) in [6.45, 7) is 3.61. The summed E-state index contributed by atoms with van der Waals surface area (Å²) < 4.78 is 1.22. The van der Waals surface area contributed by atoms with E-state index in [-0.39, 0.29) is 25.1 Å². The molecule has 2 heterocycles. The number of hydrogen-bond acceptors (Lipinski definition) is 5. The Bertz CT molecular complexity index is 934. The molecule has 1 N–H and O–H groups in total. The number of rotatable bonds is 4. The fourth-order valence-electron chi connectivity index (χ4n) is 3.05. The maximum Gasteiger partial charge on any atom is 0.261 e. The van der Waals surface area contributed by atoms with Crippen LogP contribution in [0.1, 0.15) is 18.9 Å². The number of aromatic nitrogens is 2. The molecule has 0 saturated carbocycles. The summed E-state index contributed by atoms with van der Waals surface area (Å²) >= 11 is 0. The zero-order valence-electron chi connectivity index (χ0n) is 14.0. The summed E-state index contributed by atoms with van der Waals surface area (Å²) in [6, 6.07) is 4.47. The van der Waals surface area contributed by atoms with Crippen molar-refractivity contribution < 1.29 is 14.4 Å². The highest BCUT2D eigenvalue weighted by Crippen LogP contribution is 2.13. The van der Waals surface area contributed by atoms with Crippen molar-refractivity contribution in [2.24, 2.45) is 0 Å². The molecule has 1 aromatic carbocycles. The van der Waals surface area contributed by atoms with E-state index in [9.17, 15) is 19.2 Å². The summed E-state index contributed by atoms with van der Waals surface area (Å²) in [5, 5.41) is 2.63. The molecule has 130 valence electrons. The van der Waals surface area contributed by atoms with Gasteiger partial charge in [-0.1, -0.05) is 12.1 Å². The number of nitrogens with zero attached hydrogens (tertiary/aromatic N) is 3. The summed E-state index contributed by atoms with van der Waals surface area (Å²) in [5.74, 6) is -1.30. The molecule has 1 aliphatic rings. The molecule has 1 unspecified atom stereocenters. The van der Waals surface area contributed by atoms with E-state index in [1.807, 2.05) is 13.0 Å².